The van der Waals surface area contributed by atoms with Crippen LogP contribution in [0, 0.1) is 6.92 Å². The number of alkyl halides is 1. The molecule has 0 aliphatic rings. The minimum Gasteiger partial charge on any atom is -0.317 e. The number of aromatic nitrogens is 3. The number of anilines is 1. The third-order valence-corrected chi connectivity index (χ3v) is 4.46. The van der Waals surface area contributed by atoms with Crippen molar-refractivity contribution in [2.45, 2.75) is 45.5 Å². The summed E-state index contributed by atoms with van der Waals surface area (Å²) in [6, 6.07) is 7.80. The van der Waals surface area contributed by atoms with Gasteiger partial charge in [0.1, 0.15) is 11.2 Å². The van der Waals surface area contributed by atoms with Crippen LogP contribution in [0.5, 0.6) is 0 Å². The molecule has 5 nitrogen and oxygen atoms in total. The van der Waals surface area contributed by atoms with Crippen molar-refractivity contribution in [2.75, 3.05) is 4.90 Å². The van der Waals surface area contributed by atoms with Crippen molar-refractivity contribution in [1.82, 2.24) is 14.8 Å². The van der Waals surface area contributed by atoms with E-state index in [4.69, 9.17) is 11.6 Å². The third-order valence-electron chi connectivity index (χ3n) is 3.97. The molecule has 6 heteroatoms. The molecule has 0 fully saturated rings. The predicted octanol–water partition coefficient (Wildman–Crippen LogP) is 3.24. The number of aryl methyl sites for hydroxylation is 2. The molecule has 0 spiro atoms. The Bertz CT molecular complexity index is 683. The van der Waals surface area contributed by atoms with Gasteiger partial charge in [-0.2, -0.15) is 0 Å². The van der Waals surface area contributed by atoms with Gasteiger partial charge in [-0.1, -0.05) is 32.0 Å². The highest BCUT2D eigenvalue weighted by Gasteiger charge is 2.25. The molecule has 0 N–H and O–H groups in total. The lowest BCUT2D eigenvalue weighted by Gasteiger charge is -2.26. The van der Waals surface area contributed by atoms with E-state index in [0.717, 1.165) is 29.3 Å². The van der Waals surface area contributed by atoms with Crippen LogP contribution in [0.25, 0.3) is 0 Å². The SMILES string of the molecule is CCc1nnc(CN(C(=O)C(Cl)CC)c2ccccc2C)n1C. The highest BCUT2D eigenvalue weighted by atomic mass is 35.5. The highest BCUT2D eigenvalue weighted by Crippen LogP contribution is 2.24. The summed E-state index contributed by atoms with van der Waals surface area (Å²) in [6.45, 7) is 6.28. The molecule has 2 rings (SSSR count). The van der Waals surface area contributed by atoms with Crippen molar-refractivity contribution < 1.29 is 4.79 Å². The second kappa shape index (κ2) is 7.59. The molecule has 1 aromatic heterocycles. The molecule has 0 saturated carbocycles. The molecular formula is C17H23ClN4O. The molecule has 0 aliphatic heterocycles. The number of hydrogen-bond acceptors (Lipinski definition) is 3. The Morgan fingerprint density at radius 3 is 2.48 bits per heavy atom. The molecule has 2 aromatic rings. The van der Waals surface area contributed by atoms with Gasteiger partial charge in [0.25, 0.3) is 0 Å². The zero-order valence-electron chi connectivity index (χ0n) is 14.1. The van der Waals surface area contributed by atoms with E-state index < -0.39 is 5.38 Å². The first-order valence-electron chi connectivity index (χ1n) is 7.87. The lowest BCUT2D eigenvalue weighted by Crippen LogP contribution is -2.37. The topological polar surface area (TPSA) is 51.0 Å². The maximum Gasteiger partial charge on any atom is 0.245 e. The molecule has 0 aliphatic carbocycles. The zero-order chi connectivity index (χ0) is 17.0. The van der Waals surface area contributed by atoms with Gasteiger partial charge in [-0.25, -0.2) is 0 Å². The standard InChI is InChI=1S/C17H23ClN4O/c1-5-13(18)17(23)22(14-10-8-7-9-12(14)3)11-16-20-19-15(6-2)21(16)4/h7-10,13H,5-6,11H2,1-4H3. The Morgan fingerprint density at radius 2 is 1.91 bits per heavy atom. The lowest BCUT2D eigenvalue weighted by atomic mass is 10.1. The summed E-state index contributed by atoms with van der Waals surface area (Å²) in [4.78, 5) is 14.5. The number of nitrogens with zero attached hydrogens (tertiary/aromatic N) is 4. The molecule has 1 aromatic carbocycles. The Kier molecular flexibility index (Phi) is 5.77. The molecule has 1 heterocycles. The number of amides is 1. The number of rotatable bonds is 6. The fraction of sp³-hybridized carbons (Fsp3) is 0.471. The summed E-state index contributed by atoms with van der Waals surface area (Å²) >= 11 is 6.22. The summed E-state index contributed by atoms with van der Waals surface area (Å²) in [5.74, 6) is 1.54. The van der Waals surface area contributed by atoms with Gasteiger partial charge in [0.05, 0.1) is 6.54 Å². The fourth-order valence-corrected chi connectivity index (χ4v) is 2.60. The van der Waals surface area contributed by atoms with Crippen molar-refractivity contribution in [3.8, 4) is 0 Å². The number of carbonyl (C=O) groups is 1. The van der Waals surface area contributed by atoms with Crippen molar-refractivity contribution >= 4 is 23.2 Å². The van der Waals surface area contributed by atoms with E-state index in [1.807, 2.05) is 56.7 Å². The van der Waals surface area contributed by atoms with Crippen molar-refractivity contribution in [1.29, 1.82) is 0 Å². The molecule has 0 bridgehead atoms. The van der Waals surface area contributed by atoms with Crippen LogP contribution in [-0.2, 0) is 24.8 Å². The largest absolute Gasteiger partial charge is 0.317 e. The first-order chi connectivity index (χ1) is 11.0. The summed E-state index contributed by atoms with van der Waals surface area (Å²) in [5.41, 5.74) is 1.89. The summed E-state index contributed by atoms with van der Waals surface area (Å²) in [6.07, 6.45) is 1.39. The second-order valence-corrected chi connectivity index (χ2v) is 6.06. The predicted molar refractivity (Wildman–Crippen MR) is 92.7 cm³/mol. The molecule has 23 heavy (non-hydrogen) atoms. The van der Waals surface area contributed by atoms with Gasteiger partial charge in [-0.3, -0.25) is 4.79 Å². The number of benzene rings is 1. The van der Waals surface area contributed by atoms with Gasteiger partial charge >= 0.3 is 0 Å². The summed E-state index contributed by atoms with van der Waals surface area (Å²) in [5, 5.41) is 7.85. The van der Waals surface area contributed by atoms with E-state index >= 15 is 0 Å². The van der Waals surface area contributed by atoms with Crippen LogP contribution in [0.3, 0.4) is 0 Å². The number of carbonyl (C=O) groups excluding carboxylic acids is 1. The minimum atomic E-state index is -0.548. The van der Waals surface area contributed by atoms with Crippen molar-refractivity contribution in [3.05, 3.63) is 41.5 Å². The highest BCUT2D eigenvalue weighted by molar-refractivity contribution is 6.32. The Labute approximate surface area is 142 Å². The van der Waals surface area contributed by atoms with Gasteiger partial charge in [-0.15, -0.1) is 21.8 Å². The molecule has 1 amide bonds. The van der Waals surface area contributed by atoms with Gasteiger partial charge in [-0.05, 0) is 25.0 Å². The Balaban J connectivity index is 2.39. The Hall–Kier alpha value is -1.88. The van der Waals surface area contributed by atoms with Crippen molar-refractivity contribution in [2.24, 2.45) is 7.05 Å². The average Bonchev–Trinajstić information content (AvgIpc) is 2.92. The van der Waals surface area contributed by atoms with Gasteiger partial charge < -0.3 is 9.47 Å². The van der Waals surface area contributed by atoms with Crippen molar-refractivity contribution in [3.63, 3.8) is 0 Å². The molecule has 124 valence electrons. The van der Waals surface area contributed by atoms with Crippen LogP contribution in [0.2, 0.25) is 0 Å². The van der Waals surface area contributed by atoms with E-state index in [9.17, 15) is 4.79 Å². The molecule has 1 unspecified atom stereocenters. The maximum atomic E-state index is 12.8. The average molecular weight is 335 g/mol. The second-order valence-electron chi connectivity index (χ2n) is 5.53. The molecule has 0 saturated heterocycles. The van der Waals surface area contributed by atoms with E-state index in [0.29, 0.717) is 13.0 Å². The normalized spacial score (nSPS) is 12.2. The Morgan fingerprint density at radius 1 is 1.26 bits per heavy atom. The third kappa shape index (κ3) is 3.72. The van der Waals surface area contributed by atoms with Crippen LogP contribution < -0.4 is 4.90 Å². The smallest absolute Gasteiger partial charge is 0.245 e. The first kappa shape index (κ1) is 17.5. The quantitative estimate of drug-likeness (QED) is 0.762. The number of halogens is 1. The molecule has 1 atom stereocenters. The summed E-state index contributed by atoms with van der Waals surface area (Å²) < 4.78 is 1.94. The van der Waals surface area contributed by atoms with E-state index in [1.54, 1.807) is 4.90 Å². The van der Waals surface area contributed by atoms with Gasteiger partial charge in [0.15, 0.2) is 5.82 Å². The monoisotopic (exact) mass is 334 g/mol. The van der Waals surface area contributed by atoms with E-state index in [2.05, 4.69) is 10.2 Å². The molecular weight excluding hydrogens is 312 g/mol. The van der Waals surface area contributed by atoms with E-state index in [1.165, 1.54) is 0 Å². The fourth-order valence-electron chi connectivity index (χ4n) is 2.48. The minimum absolute atomic E-state index is 0.107. The summed E-state index contributed by atoms with van der Waals surface area (Å²) in [7, 11) is 1.92. The van der Waals surface area contributed by atoms with Crippen LogP contribution >= 0.6 is 11.6 Å². The number of hydrogen-bond donors (Lipinski definition) is 0. The molecule has 0 radical (unpaired) electrons. The zero-order valence-corrected chi connectivity index (χ0v) is 14.8. The maximum absolute atomic E-state index is 12.8. The van der Waals surface area contributed by atoms with Crippen LogP contribution in [0.15, 0.2) is 24.3 Å². The first-order valence-corrected chi connectivity index (χ1v) is 8.31. The van der Waals surface area contributed by atoms with Crippen LogP contribution in [0.1, 0.15) is 37.5 Å². The lowest BCUT2D eigenvalue weighted by molar-refractivity contribution is -0.118. The van der Waals surface area contributed by atoms with E-state index in [-0.39, 0.29) is 5.91 Å². The van der Waals surface area contributed by atoms with Gasteiger partial charge in [0.2, 0.25) is 5.91 Å². The van der Waals surface area contributed by atoms with Gasteiger partial charge in [0, 0.05) is 19.2 Å². The van der Waals surface area contributed by atoms with Crippen LogP contribution in [0.4, 0.5) is 5.69 Å². The van der Waals surface area contributed by atoms with Crippen LogP contribution in [-0.4, -0.2) is 26.0 Å². The number of para-hydroxylation sites is 1.